The molecule has 0 saturated carbocycles. The van der Waals surface area contributed by atoms with Gasteiger partial charge in [-0.25, -0.2) is 0 Å². The van der Waals surface area contributed by atoms with Crippen molar-refractivity contribution in [1.29, 1.82) is 0 Å². The fourth-order valence-corrected chi connectivity index (χ4v) is 2.60. The van der Waals surface area contributed by atoms with Crippen molar-refractivity contribution in [2.24, 2.45) is 0 Å². The molecule has 1 fully saturated rings. The van der Waals surface area contributed by atoms with Crippen LogP contribution in [0.15, 0.2) is 22.7 Å². The van der Waals surface area contributed by atoms with E-state index in [2.05, 4.69) is 62.0 Å². The number of hydrogen-bond acceptors (Lipinski definition) is 1. The average Bonchev–Trinajstić information content (AvgIpc) is 2.23. The second-order valence-corrected chi connectivity index (χ2v) is 5.69. The summed E-state index contributed by atoms with van der Waals surface area (Å²) in [6.07, 6.45) is 3.94. The predicted molar refractivity (Wildman–Crippen MR) is 71.5 cm³/mol. The first kappa shape index (κ1) is 10.9. The molecule has 1 nitrogen and oxygen atoms in total. The summed E-state index contributed by atoms with van der Waals surface area (Å²) in [5, 5.41) is 3.56. The van der Waals surface area contributed by atoms with Crippen LogP contribution < -0.4 is 5.32 Å². The third-order valence-electron chi connectivity index (χ3n) is 2.66. The molecule has 1 atom stereocenters. The largest absolute Gasteiger partial charge is 0.310 e. The van der Waals surface area contributed by atoms with Crippen molar-refractivity contribution in [1.82, 2.24) is 5.32 Å². The van der Waals surface area contributed by atoms with Gasteiger partial charge in [-0.3, -0.25) is 0 Å². The normalized spacial score (nSPS) is 22.3. The first-order chi connectivity index (χ1) is 6.77. The van der Waals surface area contributed by atoms with E-state index >= 15 is 0 Å². The molecule has 0 aliphatic carbocycles. The van der Waals surface area contributed by atoms with E-state index in [0.717, 1.165) is 6.54 Å². The third-order valence-corrected chi connectivity index (χ3v) is 4.99. The topological polar surface area (TPSA) is 12.0 Å². The van der Waals surface area contributed by atoms with E-state index in [0.29, 0.717) is 6.04 Å². The van der Waals surface area contributed by atoms with E-state index in [9.17, 15) is 0 Å². The Morgan fingerprint density at radius 2 is 2.21 bits per heavy atom. The molecule has 1 saturated heterocycles. The monoisotopic (exact) mass is 365 g/mol. The minimum Gasteiger partial charge on any atom is -0.310 e. The number of benzene rings is 1. The second kappa shape index (κ2) is 4.94. The highest BCUT2D eigenvalue weighted by Gasteiger charge is 2.14. The number of piperidine rings is 1. The minimum absolute atomic E-state index is 0.567. The highest BCUT2D eigenvalue weighted by molar-refractivity contribution is 14.1. The quantitative estimate of drug-likeness (QED) is 0.745. The Morgan fingerprint density at radius 3 is 2.86 bits per heavy atom. The van der Waals surface area contributed by atoms with Gasteiger partial charge in [-0.05, 0) is 75.6 Å². The summed E-state index contributed by atoms with van der Waals surface area (Å²) < 4.78 is 2.49. The molecule has 1 aromatic carbocycles. The maximum atomic E-state index is 3.58. The number of nitrogens with one attached hydrogen (secondary N) is 1. The molecular weight excluding hydrogens is 353 g/mol. The molecule has 1 aliphatic heterocycles. The molecule has 14 heavy (non-hydrogen) atoms. The smallest absolute Gasteiger partial charge is 0.0320 e. The molecule has 0 unspecified atom stereocenters. The molecular formula is C11H13BrIN. The molecule has 1 heterocycles. The molecule has 1 aliphatic rings. The molecule has 1 aromatic rings. The zero-order chi connectivity index (χ0) is 9.97. The fourth-order valence-electron chi connectivity index (χ4n) is 1.87. The van der Waals surface area contributed by atoms with E-state index in [1.807, 2.05) is 0 Å². The zero-order valence-electron chi connectivity index (χ0n) is 7.89. The molecule has 0 aromatic heterocycles. The summed E-state index contributed by atoms with van der Waals surface area (Å²) in [4.78, 5) is 0. The van der Waals surface area contributed by atoms with Gasteiger partial charge in [0.25, 0.3) is 0 Å². The fraction of sp³-hybridized carbons (Fsp3) is 0.455. The molecule has 0 radical (unpaired) electrons. The van der Waals surface area contributed by atoms with E-state index in [-0.39, 0.29) is 0 Å². The van der Waals surface area contributed by atoms with E-state index in [4.69, 9.17) is 0 Å². The molecule has 0 bridgehead atoms. The van der Waals surface area contributed by atoms with Gasteiger partial charge in [0, 0.05) is 14.1 Å². The van der Waals surface area contributed by atoms with Crippen LogP contribution in [-0.2, 0) is 0 Å². The summed E-state index contributed by atoms with van der Waals surface area (Å²) in [5.74, 6) is 0. The standard InChI is InChI=1S/C11H13BrIN/c12-9-7-8(4-5-10(9)13)11-3-1-2-6-14-11/h4-5,7,11,14H,1-3,6H2/t11-/m0/s1. The highest BCUT2D eigenvalue weighted by Crippen LogP contribution is 2.27. The second-order valence-electron chi connectivity index (χ2n) is 3.68. The first-order valence-corrected chi connectivity index (χ1v) is 6.83. The minimum atomic E-state index is 0.567. The van der Waals surface area contributed by atoms with Crippen molar-refractivity contribution in [3.8, 4) is 0 Å². The van der Waals surface area contributed by atoms with Crippen molar-refractivity contribution < 1.29 is 0 Å². The number of rotatable bonds is 1. The predicted octanol–water partition coefficient (Wildman–Crippen LogP) is 3.87. The Balaban J connectivity index is 2.18. The van der Waals surface area contributed by atoms with Gasteiger partial charge in [0.2, 0.25) is 0 Å². The molecule has 0 spiro atoms. The molecule has 2 rings (SSSR count). The van der Waals surface area contributed by atoms with Gasteiger partial charge in [0.05, 0.1) is 0 Å². The van der Waals surface area contributed by atoms with Crippen molar-refractivity contribution >= 4 is 38.5 Å². The summed E-state index contributed by atoms with van der Waals surface area (Å²) in [5.41, 5.74) is 1.41. The lowest BCUT2D eigenvalue weighted by molar-refractivity contribution is 0.412. The first-order valence-electron chi connectivity index (χ1n) is 4.96. The van der Waals surface area contributed by atoms with Crippen molar-refractivity contribution in [2.75, 3.05) is 6.54 Å². The van der Waals surface area contributed by atoms with Crippen molar-refractivity contribution in [3.63, 3.8) is 0 Å². The SMILES string of the molecule is Brc1cc([C@@H]2CCCCN2)ccc1I. The van der Waals surface area contributed by atoms with E-state index < -0.39 is 0 Å². The van der Waals surface area contributed by atoms with Gasteiger partial charge < -0.3 is 5.32 Å². The Morgan fingerprint density at radius 1 is 1.36 bits per heavy atom. The lowest BCUT2D eigenvalue weighted by Gasteiger charge is -2.24. The average molecular weight is 366 g/mol. The van der Waals surface area contributed by atoms with Gasteiger partial charge >= 0.3 is 0 Å². The van der Waals surface area contributed by atoms with Crippen molar-refractivity contribution in [3.05, 3.63) is 31.8 Å². The van der Waals surface area contributed by atoms with Gasteiger partial charge in [-0.1, -0.05) is 12.5 Å². The lowest BCUT2D eigenvalue weighted by atomic mass is 9.98. The third kappa shape index (κ3) is 2.49. The van der Waals surface area contributed by atoms with Gasteiger partial charge in [0.15, 0.2) is 0 Å². The zero-order valence-corrected chi connectivity index (χ0v) is 11.6. The Bertz CT molecular complexity index is 321. The van der Waals surface area contributed by atoms with Crippen LogP contribution in [0.25, 0.3) is 0 Å². The molecule has 76 valence electrons. The maximum absolute atomic E-state index is 3.58. The lowest BCUT2D eigenvalue weighted by Crippen LogP contribution is -2.26. The summed E-state index contributed by atoms with van der Waals surface area (Å²) in [6, 6.07) is 7.22. The van der Waals surface area contributed by atoms with E-state index in [1.54, 1.807) is 0 Å². The molecule has 3 heteroatoms. The Hall–Kier alpha value is 0.390. The van der Waals surface area contributed by atoms with Gasteiger partial charge in [-0.15, -0.1) is 0 Å². The van der Waals surface area contributed by atoms with Crippen LogP contribution in [0.1, 0.15) is 30.9 Å². The van der Waals surface area contributed by atoms with Gasteiger partial charge in [-0.2, -0.15) is 0 Å². The van der Waals surface area contributed by atoms with Crippen LogP contribution in [0.4, 0.5) is 0 Å². The van der Waals surface area contributed by atoms with Gasteiger partial charge in [0.1, 0.15) is 0 Å². The van der Waals surface area contributed by atoms with Crippen LogP contribution in [0.2, 0.25) is 0 Å². The Labute approximate surface area is 107 Å². The summed E-state index contributed by atoms with van der Waals surface area (Å²) in [7, 11) is 0. The van der Waals surface area contributed by atoms with Crippen LogP contribution in [0.3, 0.4) is 0 Å². The van der Waals surface area contributed by atoms with Crippen LogP contribution in [0.5, 0.6) is 0 Å². The summed E-state index contributed by atoms with van der Waals surface area (Å²) in [6.45, 7) is 1.16. The maximum Gasteiger partial charge on any atom is 0.0320 e. The van der Waals surface area contributed by atoms with Crippen LogP contribution in [0, 0.1) is 3.57 Å². The Kier molecular flexibility index (Phi) is 3.85. The number of halogens is 2. The van der Waals surface area contributed by atoms with E-state index in [1.165, 1.54) is 32.9 Å². The highest BCUT2D eigenvalue weighted by atomic mass is 127. The van der Waals surface area contributed by atoms with Crippen LogP contribution in [-0.4, -0.2) is 6.54 Å². The van der Waals surface area contributed by atoms with Crippen LogP contribution >= 0.6 is 38.5 Å². The molecule has 0 amide bonds. The number of hydrogen-bond donors (Lipinski definition) is 1. The summed E-state index contributed by atoms with van der Waals surface area (Å²) >= 11 is 5.92. The van der Waals surface area contributed by atoms with Crippen molar-refractivity contribution in [2.45, 2.75) is 25.3 Å². The molecule has 1 N–H and O–H groups in total.